The van der Waals surface area contributed by atoms with E-state index in [9.17, 15) is 9.59 Å². The summed E-state index contributed by atoms with van der Waals surface area (Å²) >= 11 is 0. The molecule has 3 aromatic rings. The number of nitrogens with zero attached hydrogens (tertiary/aromatic N) is 5. The molecule has 7 nitrogen and oxygen atoms in total. The standard InChI is InChI=1S/C26H31N5O2/c1-2-3-6-19-8-10-22(11-9-19)31-18-21(17-24(31)32)26(33)29-15-12-20(13-16-29)25-28-27-23-7-4-5-14-30(23)25/h4-5,7-11,14,20-21H,2-3,6,12-13,15-18H2,1H3. The summed E-state index contributed by atoms with van der Waals surface area (Å²) in [5, 5.41) is 8.67. The van der Waals surface area contributed by atoms with Gasteiger partial charge in [-0.05, 0) is 55.5 Å². The number of unbranched alkanes of at least 4 members (excludes halogenated alkanes) is 1. The summed E-state index contributed by atoms with van der Waals surface area (Å²) in [6.07, 6.45) is 7.43. The Balaban J connectivity index is 1.19. The molecule has 2 fully saturated rings. The molecule has 2 aromatic heterocycles. The number of amides is 2. The van der Waals surface area contributed by atoms with Crippen molar-refractivity contribution in [3.8, 4) is 0 Å². The van der Waals surface area contributed by atoms with Gasteiger partial charge in [0, 0.05) is 43.9 Å². The monoisotopic (exact) mass is 445 g/mol. The quantitative estimate of drug-likeness (QED) is 0.578. The fourth-order valence-electron chi connectivity index (χ4n) is 5.10. The first-order valence-corrected chi connectivity index (χ1v) is 12.1. The van der Waals surface area contributed by atoms with Crippen molar-refractivity contribution < 1.29 is 9.59 Å². The topological polar surface area (TPSA) is 70.8 Å². The Bertz CT molecular complexity index is 1130. The van der Waals surface area contributed by atoms with Gasteiger partial charge in [0.2, 0.25) is 11.8 Å². The SMILES string of the molecule is CCCCc1ccc(N2CC(C(=O)N3CCC(c4nnc5ccccn45)CC3)CC2=O)cc1. The molecule has 172 valence electrons. The molecule has 2 aliphatic rings. The number of pyridine rings is 1. The molecule has 0 spiro atoms. The van der Waals surface area contributed by atoms with Crippen molar-refractivity contribution in [1.82, 2.24) is 19.5 Å². The maximum Gasteiger partial charge on any atom is 0.228 e. The summed E-state index contributed by atoms with van der Waals surface area (Å²) < 4.78 is 2.04. The molecule has 0 radical (unpaired) electrons. The number of carbonyl (C=O) groups is 2. The van der Waals surface area contributed by atoms with Gasteiger partial charge in [-0.1, -0.05) is 31.5 Å². The second-order valence-corrected chi connectivity index (χ2v) is 9.26. The third kappa shape index (κ3) is 4.36. The van der Waals surface area contributed by atoms with Crippen LogP contribution in [0.25, 0.3) is 5.65 Å². The number of benzene rings is 1. The third-order valence-corrected chi connectivity index (χ3v) is 7.05. The number of hydrogen-bond donors (Lipinski definition) is 0. The number of fused-ring (bicyclic) bond motifs is 1. The number of rotatable bonds is 6. The lowest BCUT2D eigenvalue weighted by molar-refractivity contribution is -0.136. The number of carbonyl (C=O) groups excluding carboxylic acids is 2. The maximum absolute atomic E-state index is 13.2. The van der Waals surface area contributed by atoms with Crippen LogP contribution in [0, 0.1) is 5.92 Å². The normalized spacial score (nSPS) is 19.5. The minimum Gasteiger partial charge on any atom is -0.342 e. The molecule has 1 atom stereocenters. The number of aromatic nitrogens is 3. The van der Waals surface area contributed by atoms with Gasteiger partial charge in [0.25, 0.3) is 0 Å². The first kappa shape index (κ1) is 21.6. The Morgan fingerprint density at radius 3 is 2.61 bits per heavy atom. The van der Waals surface area contributed by atoms with Crippen LogP contribution in [0.1, 0.15) is 56.3 Å². The first-order valence-electron chi connectivity index (χ1n) is 12.1. The lowest BCUT2D eigenvalue weighted by Gasteiger charge is -2.32. The molecule has 0 saturated carbocycles. The van der Waals surface area contributed by atoms with Crippen LogP contribution >= 0.6 is 0 Å². The molecule has 2 saturated heterocycles. The van der Waals surface area contributed by atoms with Crippen molar-refractivity contribution in [2.24, 2.45) is 5.92 Å². The van der Waals surface area contributed by atoms with E-state index < -0.39 is 0 Å². The molecular formula is C26H31N5O2. The van der Waals surface area contributed by atoms with Gasteiger partial charge >= 0.3 is 0 Å². The van der Waals surface area contributed by atoms with Crippen LogP contribution in [0.5, 0.6) is 0 Å². The number of aryl methyl sites for hydroxylation is 1. The van der Waals surface area contributed by atoms with E-state index in [0.717, 1.165) is 36.4 Å². The first-order chi connectivity index (χ1) is 16.1. The van der Waals surface area contributed by atoms with Gasteiger partial charge < -0.3 is 9.80 Å². The van der Waals surface area contributed by atoms with E-state index in [2.05, 4.69) is 29.3 Å². The minimum absolute atomic E-state index is 0.0412. The van der Waals surface area contributed by atoms with Crippen LogP contribution in [-0.4, -0.2) is 50.9 Å². The van der Waals surface area contributed by atoms with Crippen LogP contribution in [-0.2, 0) is 16.0 Å². The number of likely N-dealkylation sites (tertiary alicyclic amines) is 1. The third-order valence-electron chi connectivity index (χ3n) is 7.05. The summed E-state index contributed by atoms with van der Waals surface area (Å²) in [5.41, 5.74) is 3.05. The highest BCUT2D eigenvalue weighted by Gasteiger charge is 2.38. The smallest absolute Gasteiger partial charge is 0.228 e. The van der Waals surface area contributed by atoms with Gasteiger partial charge in [-0.2, -0.15) is 0 Å². The predicted molar refractivity (Wildman–Crippen MR) is 127 cm³/mol. The molecule has 4 heterocycles. The molecule has 1 aromatic carbocycles. The van der Waals surface area contributed by atoms with Gasteiger partial charge in [0.05, 0.1) is 5.92 Å². The molecule has 5 rings (SSSR count). The van der Waals surface area contributed by atoms with Crippen molar-refractivity contribution in [1.29, 1.82) is 0 Å². The van der Waals surface area contributed by atoms with Crippen molar-refractivity contribution in [3.63, 3.8) is 0 Å². The lowest BCUT2D eigenvalue weighted by atomic mass is 9.94. The van der Waals surface area contributed by atoms with E-state index in [0.29, 0.717) is 32.0 Å². The molecule has 2 aliphatic heterocycles. The number of piperidine rings is 1. The van der Waals surface area contributed by atoms with E-state index in [4.69, 9.17) is 0 Å². The Kier molecular flexibility index (Phi) is 6.11. The Morgan fingerprint density at radius 2 is 1.85 bits per heavy atom. The summed E-state index contributed by atoms with van der Waals surface area (Å²) in [6.45, 7) is 4.05. The number of hydrogen-bond acceptors (Lipinski definition) is 4. The Morgan fingerprint density at radius 1 is 1.06 bits per heavy atom. The lowest BCUT2D eigenvalue weighted by Crippen LogP contribution is -2.42. The fraction of sp³-hybridized carbons (Fsp3) is 0.462. The molecule has 0 bridgehead atoms. The van der Waals surface area contributed by atoms with E-state index in [-0.39, 0.29) is 17.7 Å². The molecule has 1 unspecified atom stereocenters. The van der Waals surface area contributed by atoms with Gasteiger partial charge in [0.1, 0.15) is 5.82 Å². The molecular weight excluding hydrogens is 414 g/mol. The van der Waals surface area contributed by atoms with Gasteiger partial charge in [0.15, 0.2) is 5.65 Å². The molecule has 0 aliphatic carbocycles. The van der Waals surface area contributed by atoms with E-state index in [1.54, 1.807) is 4.90 Å². The molecule has 7 heteroatoms. The Hall–Kier alpha value is -3.22. The highest BCUT2D eigenvalue weighted by Crippen LogP contribution is 2.31. The highest BCUT2D eigenvalue weighted by molar-refractivity contribution is 6.00. The van der Waals surface area contributed by atoms with Crippen LogP contribution in [0.2, 0.25) is 0 Å². The molecule has 2 amide bonds. The second-order valence-electron chi connectivity index (χ2n) is 9.26. The molecule has 33 heavy (non-hydrogen) atoms. The van der Waals surface area contributed by atoms with Crippen LogP contribution < -0.4 is 4.90 Å². The van der Waals surface area contributed by atoms with Crippen molar-refractivity contribution in [2.75, 3.05) is 24.5 Å². The van der Waals surface area contributed by atoms with Gasteiger partial charge in [-0.15, -0.1) is 10.2 Å². The van der Waals surface area contributed by atoms with Crippen molar-refractivity contribution in [2.45, 2.75) is 51.4 Å². The van der Waals surface area contributed by atoms with E-state index in [1.165, 1.54) is 18.4 Å². The van der Waals surface area contributed by atoms with Crippen molar-refractivity contribution in [3.05, 3.63) is 60.0 Å². The number of anilines is 1. The maximum atomic E-state index is 13.2. The van der Waals surface area contributed by atoms with E-state index in [1.807, 2.05) is 45.8 Å². The average molecular weight is 446 g/mol. The zero-order valence-electron chi connectivity index (χ0n) is 19.2. The summed E-state index contributed by atoms with van der Waals surface area (Å²) in [4.78, 5) is 29.6. The van der Waals surface area contributed by atoms with Crippen LogP contribution in [0.4, 0.5) is 5.69 Å². The van der Waals surface area contributed by atoms with E-state index >= 15 is 0 Å². The Labute approximate surface area is 194 Å². The second kappa shape index (κ2) is 9.33. The zero-order chi connectivity index (χ0) is 22.8. The molecule has 0 N–H and O–H groups in total. The van der Waals surface area contributed by atoms with Gasteiger partial charge in [-0.3, -0.25) is 14.0 Å². The largest absolute Gasteiger partial charge is 0.342 e. The summed E-state index contributed by atoms with van der Waals surface area (Å²) in [7, 11) is 0. The highest BCUT2D eigenvalue weighted by atomic mass is 16.2. The van der Waals surface area contributed by atoms with Crippen LogP contribution in [0.3, 0.4) is 0 Å². The minimum atomic E-state index is -0.261. The van der Waals surface area contributed by atoms with Gasteiger partial charge in [-0.25, -0.2) is 0 Å². The summed E-state index contributed by atoms with van der Waals surface area (Å²) in [5.74, 6) is 1.15. The average Bonchev–Trinajstić information content (AvgIpc) is 3.46. The zero-order valence-corrected chi connectivity index (χ0v) is 19.2. The van der Waals surface area contributed by atoms with Crippen LogP contribution in [0.15, 0.2) is 48.7 Å². The fourth-order valence-corrected chi connectivity index (χ4v) is 5.10. The van der Waals surface area contributed by atoms with Crippen molar-refractivity contribution >= 4 is 23.1 Å². The predicted octanol–water partition coefficient (Wildman–Crippen LogP) is 3.83. The summed E-state index contributed by atoms with van der Waals surface area (Å²) in [6, 6.07) is 14.1.